The number of rotatable bonds is 1. The molecule has 2 fully saturated rings. The normalized spacial score (nSPS) is 25.5. The summed E-state index contributed by atoms with van der Waals surface area (Å²) in [7, 11) is 1.69. The average molecular weight is 355 g/mol. The molecule has 0 spiro atoms. The van der Waals surface area contributed by atoms with Crippen LogP contribution in [0.15, 0.2) is 12.4 Å². The molecule has 0 bridgehead atoms. The van der Waals surface area contributed by atoms with E-state index in [1.807, 2.05) is 0 Å². The Balaban J connectivity index is 1.90. The van der Waals surface area contributed by atoms with E-state index in [-0.39, 0.29) is 23.4 Å². The molecule has 0 radical (unpaired) electrons. The van der Waals surface area contributed by atoms with Gasteiger partial charge in [0.1, 0.15) is 0 Å². The monoisotopic (exact) mass is 355 g/mol. The summed E-state index contributed by atoms with van der Waals surface area (Å²) in [5, 5.41) is 3.99. The number of carbonyl (C=O) groups excluding carboxylic acids is 2. The van der Waals surface area contributed by atoms with Crippen molar-refractivity contribution in [2.24, 2.45) is 7.05 Å². The van der Waals surface area contributed by atoms with Gasteiger partial charge in [0.2, 0.25) is 0 Å². The quantitative estimate of drug-likeness (QED) is 0.646. The van der Waals surface area contributed by atoms with Crippen molar-refractivity contribution in [3.05, 3.63) is 18.0 Å². The van der Waals surface area contributed by atoms with Crippen LogP contribution in [0.25, 0.3) is 0 Å². The predicted molar refractivity (Wildman–Crippen MR) is 86.3 cm³/mol. The second-order valence-electron chi connectivity index (χ2n) is 6.48. The Morgan fingerprint density at radius 1 is 1.17 bits per heavy atom. The SMILES string of the molecule is CN(C)C(=O)N1CCN(C(=O)c2cnn(C)c2)[C@@H]2CS(=O)(=O)C[C@@H]21. The van der Waals surface area contributed by atoms with Crippen molar-refractivity contribution in [2.45, 2.75) is 12.1 Å². The minimum atomic E-state index is -3.29. The van der Waals surface area contributed by atoms with Crippen LogP contribution in [0.3, 0.4) is 0 Å². The molecule has 10 heteroatoms. The Labute approximate surface area is 140 Å². The Bertz CT molecular complexity index is 772. The molecule has 2 aliphatic rings. The van der Waals surface area contributed by atoms with Gasteiger partial charge in [0.15, 0.2) is 9.84 Å². The molecular weight excluding hydrogens is 334 g/mol. The Hall–Kier alpha value is -2.10. The molecule has 3 amide bonds. The lowest BCUT2D eigenvalue weighted by molar-refractivity contribution is 0.0393. The lowest BCUT2D eigenvalue weighted by atomic mass is 10.0. The summed E-state index contributed by atoms with van der Waals surface area (Å²) >= 11 is 0. The number of urea groups is 1. The Morgan fingerprint density at radius 3 is 2.29 bits per heavy atom. The largest absolute Gasteiger partial charge is 0.331 e. The lowest BCUT2D eigenvalue weighted by Gasteiger charge is -2.44. The van der Waals surface area contributed by atoms with Crippen molar-refractivity contribution < 1.29 is 18.0 Å². The van der Waals surface area contributed by atoms with E-state index in [0.717, 1.165) is 0 Å². The number of fused-ring (bicyclic) bond motifs is 1. The topological polar surface area (TPSA) is 95.8 Å². The highest BCUT2D eigenvalue weighted by Crippen LogP contribution is 2.28. The van der Waals surface area contributed by atoms with Crippen molar-refractivity contribution in [2.75, 3.05) is 38.7 Å². The number of hydrogen-bond acceptors (Lipinski definition) is 5. The van der Waals surface area contributed by atoms with E-state index < -0.39 is 21.9 Å². The van der Waals surface area contributed by atoms with Gasteiger partial charge >= 0.3 is 6.03 Å². The van der Waals surface area contributed by atoms with Crippen LogP contribution in [-0.2, 0) is 16.9 Å². The second-order valence-corrected chi connectivity index (χ2v) is 8.64. The fourth-order valence-corrected chi connectivity index (χ4v) is 5.38. The van der Waals surface area contributed by atoms with E-state index in [0.29, 0.717) is 18.7 Å². The first kappa shape index (κ1) is 16.7. The van der Waals surface area contributed by atoms with Gasteiger partial charge in [-0.2, -0.15) is 5.10 Å². The molecule has 3 heterocycles. The highest BCUT2D eigenvalue weighted by Gasteiger charge is 2.49. The number of carbonyl (C=O) groups is 2. The number of sulfone groups is 1. The predicted octanol–water partition coefficient (Wildman–Crippen LogP) is -0.975. The summed E-state index contributed by atoms with van der Waals surface area (Å²) in [4.78, 5) is 29.7. The third-order valence-corrected chi connectivity index (χ3v) is 6.22. The lowest BCUT2D eigenvalue weighted by Crippen LogP contribution is -2.63. The fraction of sp³-hybridized carbons (Fsp3) is 0.643. The van der Waals surface area contributed by atoms with E-state index in [4.69, 9.17) is 0 Å². The second kappa shape index (κ2) is 5.76. The van der Waals surface area contributed by atoms with Gasteiger partial charge in [0.25, 0.3) is 5.91 Å². The smallest absolute Gasteiger partial charge is 0.319 e. The van der Waals surface area contributed by atoms with Crippen molar-refractivity contribution in [1.29, 1.82) is 0 Å². The van der Waals surface area contributed by atoms with Crippen LogP contribution >= 0.6 is 0 Å². The molecule has 2 saturated heterocycles. The molecule has 24 heavy (non-hydrogen) atoms. The van der Waals surface area contributed by atoms with Gasteiger partial charge in [-0.15, -0.1) is 0 Å². The van der Waals surface area contributed by atoms with E-state index in [1.54, 1.807) is 37.1 Å². The van der Waals surface area contributed by atoms with Gasteiger partial charge in [-0.1, -0.05) is 0 Å². The van der Waals surface area contributed by atoms with Crippen LogP contribution < -0.4 is 0 Å². The molecule has 0 unspecified atom stereocenters. The number of amides is 3. The molecule has 0 aromatic carbocycles. The molecular formula is C14H21N5O4S. The van der Waals surface area contributed by atoms with Crippen LogP contribution in [0.5, 0.6) is 0 Å². The number of aryl methyl sites for hydroxylation is 1. The maximum absolute atomic E-state index is 12.7. The molecule has 0 N–H and O–H groups in total. The van der Waals surface area contributed by atoms with Crippen molar-refractivity contribution in [1.82, 2.24) is 24.5 Å². The first-order chi connectivity index (χ1) is 11.2. The van der Waals surface area contributed by atoms with Crippen molar-refractivity contribution in [3.63, 3.8) is 0 Å². The van der Waals surface area contributed by atoms with Crippen molar-refractivity contribution in [3.8, 4) is 0 Å². The molecule has 0 aliphatic carbocycles. The van der Waals surface area contributed by atoms with Gasteiger partial charge in [-0.3, -0.25) is 9.48 Å². The molecule has 2 atom stereocenters. The summed E-state index contributed by atoms with van der Waals surface area (Å²) in [5.41, 5.74) is 0.424. The summed E-state index contributed by atoms with van der Waals surface area (Å²) in [5.74, 6) is -0.457. The number of hydrogen-bond donors (Lipinski definition) is 0. The zero-order chi connectivity index (χ0) is 17.6. The first-order valence-corrected chi connectivity index (χ1v) is 9.50. The maximum atomic E-state index is 12.7. The number of aromatic nitrogens is 2. The maximum Gasteiger partial charge on any atom is 0.319 e. The highest BCUT2D eigenvalue weighted by atomic mass is 32.2. The number of piperazine rings is 1. The fourth-order valence-electron chi connectivity index (χ4n) is 3.40. The van der Waals surface area contributed by atoms with Crippen LogP contribution in [0.1, 0.15) is 10.4 Å². The van der Waals surface area contributed by atoms with Crippen molar-refractivity contribution >= 4 is 21.8 Å². The molecule has 0 saturated carbocycles. The zero-order valence-corrected chi connectivity index (χ0v) is 14.7. The zero-order valence-electron chi connectivity index (χ0n) is 13.9. The molecule has 3 rings (SSSR count). The standard InChI is InChI=1S/C14H21N5O4S/c1-16(2)14(21)19-5-4-18(11-8-24(22,23)9-12(11)19)13(20)10-6-15-17(3)7-10/h6-7,11-12H,4-5,8-9H2,1-3H3/t11-,12+/m1/s1. The molecule has 9 nitrogen and oxygen atoms in total. The van der Waals surface area contributed by atoms with Gasteiger partial charge in [0.05, 0.1) is 35.3 Å². The summed E-state index contributed by atoms with van der Waals surface area (Å²) in [6.07, 6.45) is 3.08. The molecule has 1 aromatic rings. The third-order valence-electron chi connectivity index (χ3n) is 4.52. The molecule has 132 valence electrons. The van der Waals surface area contributed by atoms with E-state index in [1.165, 1.54) is 15.8 Å². The van der Waals surface area contributed by atoms with Crippen LogP contribution in [0.2, 0.25) is 0 Å². The summed E-state index contributed by atoms with van der Waals surface area (Å²) in [6.45, 7) is 0.629. The van der Waals surface area contributed by atoms with Gasteiger partial charge in [0, 0.05) is 40.4 Å². The Kier molecular flexibility index (Phi) is 4.02. The highest BCUT2D eigenvalue weighted by molar-refractivity contribution is 7.91. The van der Waals surface area contributed by atoms with Crippen LogP contribution in [0.4, 0.5) is 4.79 Å². The minimum absolute atomic E-state index is 0.103. The van der Waals surface area contributed by atoms with E-state index in [9.17, 15) is 18.0 Å². The molecule has 2 aliphatic heterocycles. The minimum Gasteiger partial charge on any atom is -0.331 e. The van der Waals surface area contributed by atoms with Gasteiger partial charge in [-0.25, -0.2) is 13.2 Å². The van der Waals surface area contributed by atoms with E-state index >= 15 is 0 Å². The first-order valence-electron chi connectivity index (χ1n) is 7.67. The van der Waals surface area contributed by atoms with Gasteiger partial charge < -0.3 is 14.7 Å². The van der Waals surface area contributed by atoms with Gasteiger partial charge in [-0.05, 0) is 0 Å². The molecule has 1 aromatic heterocycles. The van der Waals surface area contributed by atoms with Crippen LogP contribution in [0, 0.1) is 0 Å². The van der Waals surface area contributed by atoms with E-state index in [2.05, 4.69) is 5.10 Å². The Morgan fingerprint density at radius 2 is 1.75 bits per heavy atom. The third kappa shape index (κ3) is 2.85. The average Bonchev–Trinajstić information content (AvgIpc) is 3.06. The van der Waals surface area contributed by atoms with Crippen LogP contribution in [-0.4, -0.2) is 95.6 Å². The summed E-state index contributed by atoms with van der Waals surface area (Å²) < 4.78 is 25.8. The summed E-state index contributed by atoms with van der Waals surface area (Å²) in [6, 6.07) is -1.24. The number of nitrogens with zero attached hydrogens (tertiary/aromatic N) is 5.